The normalized spacial score (nSPS) is 17.2. The van der Waals surface area contributed by atoms with Gasteiger partial charge in [-0.25, -0.2) is 14.4 Å². The van der Waals surface area contributed by atoms with E-state index in [1.54, 1.807) is 18.3 Å². The summed E-state index contributed by atoms with van der Waals surface area (Å²) in [5.74, 6) is 0.986. The van der Waals surface area contributed by atoms with E-state index in [-0.39, 0.29) is 30.4 Å². The molecular weight excluding hydrogens is 499 g/mol. The minimum atomic E-state index is -0.793. The first-order chi connectivity index (χ1) is 18.7. The number of aliphatic carboxylic acids is 1. The Morgan fingerprint density at radius 2 is 1.92 bits per heavy atom. The van der Waals surface area contributed by atoms with E-state index in [1.165, 1.54) is 13.2 Å². The van der Waals surface area contributed by atoms with Gasteiger partial charge in [0.15, 0.2) is 0 Å². The summed E-state index contributed by atoms with van der Waals surface area (Å²) in [5, 5.41) is 9.35. The highest BCUT2D eigenvalue weighted by atomic mass is 19.1. The summed E-state index contributed by atoms with van der Waals surface area (Å²) in [6.45, 7) is 5.09. The molecule has 206 valence electrons. The molecule has 1 heterocycles. The summed E-state index contributed by atoms with van der Waals surface area (Å²) in [7, 11) is 1.53. The van der Waals surface area contributed by atoms with Crippen LogP contribution in [0.4, 0.5) is 4.39 Å². The van der Waals surface area contributed by atoms with Gasteiger partial charge < -0.3 is 19.3 Å². The molecule has 5 rings (SSSR count). The van der Waals surface area contributed by atoms with Gasteiger partial charge in [-0.3, -0.25) is 4.79 Å². The first-order valence-electron chi connectivity index (χ1n) is 13.5. The zero-order valence-electron chi connectivity index (χ0n) is 22.7. The van der Waals surface area contributed by atoms with Crippen LogP contribution < -0.4 is 14.2 Å². The SMILES string of the molecule is COc1ccc(F)c(-c2ncc(COc3cccc([C@@H](CC(=O)O)C4CC4)c3)nc2OCC2CC(C)(C)C2)c1. The second-order valence-corrected chi connectivity index (χ2v) is 11.5. The third kappa shape index (κ3) is 6.67. The number of carboxylic acids is 1. The van der Waals surface area contributed by atoms with Crippen LogP contribution in [0, 0.1) is 23.1 Å². The fourth-order valence-corrected chi connectivity index (χ4v) is 5.63. The number of ether oxygens (including phenoxy) is 3. The fourth-order valence-electron chi connectivity index (χ4n) is 5.63. The molecule has 2 aromatic carbocycles. The molecule has 0 bridgehead atoms. The quantitative estimate of drug-likeness (QED) is 0.278. The molecule has 2 aliphatic rings. The van der Waals surface area contributed by atoms with Crippen LogP contribution in [0.2, 0.25) is 0 Å². The molecule has 1 N–H and O–H groups in total. The second-order valence-electron chi connectivity index (χ2n) is 11.5. The summed E-state index contributed by atoms with van der Waals surface area (Å²) in [6.07, 6.45) is 5.91. The van der Waals surface area contributed by atoms with Crippen LogP contribution in [0.25, 0.3) is 11.3 Å². The van der Waals surface area contributed by atoms with Crippen molar-refractivity contribution >= 4 is 5.97 Å². The van der Waals surface area contributed by atoms with E-state index < -0.39 is 11.8 Å². The molecule has 39 heavy (non-hydrogen) atoms. The van der Waals surface area contributed by atoms with E-state index >= 15 is 0 Å². The van der Waals surface area contributed by atoms with Crippen molar-refractivity contribution < 1.29 is 28.5 Å². The van der Waals surface area contributed by atoms with Gasteiger partial charge in [0.2, 0.25) is 5.88 Å². The molecule has 0 aliphatic heterocycles. The average molecular weight is 535 g/mol. The first kappa shape index (κ1) is 26.9. The molecule has 2 saturated carbocycles. The Morgan fingerprint density at radius 1 is 1.13 bits per heavy atom. The van der Waals surface area contributed by atoms with Gasteiger partial charge in [-0.05, 0) is 84.7 Å². The highest BCUT2D eigenvalue weighted by Crippen LogP contribution is 2.46. The molecule has 1 atom stereocenters. The van der Waals surface area contributed by atoms with Gasteiger partial charge in [0, 0.05) is 5.56 Å². The highest BCUT2D eigenvalue weighted by Gasteiger charge is 2.36. The van der Waals surface area contributed by atoms with Gasteiger partial charge in [0.25, 0.3) is 0 Å². The molecule has 0 unspecified atom stereocenters. The second kappa shape index (κ2) is 11.2. The van der Waals surface area contributed by atoms with Crippen molar-refractivity contribution in [1.29, 1.82) is 0 Å². The number of benzene rings is 2. The number of hydrogen-bond donors (Lipinski definition) is 1. The van der Waals surface area contributed by atoms with E-state index in [0.29, 0.717) is 46.7 Å². The summed E-state index contributed by atoms with van der Waals surface area (Å²) < 4.78 is 32.3. The fraction of sp³-hybridized carbons (Fsp3) is 0.452. The van der Waals surface area contributed by atoms with Gasteiger partial charge in [-0.15, -0.1) is 0 Å². The van der Waals surface area contributed by atoms with Gasteiger partial charge in [0.1, 0.15) is 35.3 Å². The molecule has 0 spiro atoms. The summed E-state index contributed by atoms with van der Waals surface area (Å²) in [4.78, 5) is 20.6. The maximum Gasteiger partial charge on any atom is 0.303 e. The van der Waals surface area contributed by atoms with Crippen LogP contribution in [0.15, 0.2) is 48.7 Å². The third-order valence-electron chi connectivity index (χ3n) is 7.62. The summed E-state index contributed by atoms with van der Waals surface area (Å²) in [6, 6.07) is 12.1. The van der Waals surface area contributed by atoms with Crippen LogP contribution in [0.3, 0.4) is 0 Å². The lowest BCUT2D eigenvalue weighted by atomic mass is 9.65. The molecule has 2 aliphatic carbocycles. The van der Waals surface area contributed by atoms with Crippen molar-refractivity contribution in [3.8, 4) is 28.6 Å². The first-order valence-corrected chi connectivity index (χ1v) is 13.5. The lowest BCUT2D eigenvalue weighted by Crippen LogP contribution is -2.35. The number of nitrogens with zero attached hydrogens (tertiary/aromatic N) is 2. The number of carbonyl (C=O) groups is 1. The van der Waals surface area contributed by atoms with Crippen LogP contribution in [-0.2, 0) is 11.4 Å². The molecular formula is C31H35FN2O5. The average Bonchev–Trinajstić information content (AvgIpc) is 3.74. The molecule has 0 amide bonds. The molecule has 1 aromatic heterocycles. The Kier molecular flexibility index (Phi) is 7.73. The Balaban J connectivity index is 1.35. The molecule has 7 nitrogen and oxygen atoms in total. The molecule has 3 aromatic rings. The molecule has 2 fully saturated rings. The van der Waals surface area contributed by atoms with Crippen LogP contribution in [0.5, 0.6) is 17.4 Å². The lowest BCUT2D eigenvalue weighted by molar-refractivity contribution is -0.137. The van der Waals surface area contributed by atoms with E-state index in [4.69, 9.17) is 14.2 Å². The summed E-state index contributed by atoms with van der Waals surface area (Å²) in [5.41, 5.74) is 2.40. The van der Waals surface area contributed by atoms with Gasteiger partial charge in [-0.2, -0.15) is 0 Å². The van der Waals surface area contributed by atoms with Crippen LogP contribution >= 0.6 is 0 Å². The topological polar surface area (TPSA) is 90.8 Å². The lowest BCUT2D eigenvalue weighted by Gasteiger charge is -2.42. The number of hydrogen-bond acceptors (Lipinski definition) is 6. The van der Waals surface area contributed by atoms with E-state index in [0.717, 1.165) is 31.2 Å². The van der Waals surface area contributed by atoms with Crippen LogP contribution in [-0.4, -0.2) is 34.8 Å². The third-order valence-corrected chi connectivity index (χ3v) is 7.62. The number of carboxylic acid groups (broad SMARTS) is 1. The van der Waals surface area contributed by atoms with Crippen LogP contribution in [0.1, 0.15) is 63.1 Å². The molecule has 0 saturated heterocycles. The maximum atomic E-state index is 14.8. The Morgan fingerprint density at radius 3 is 2.62 bits per heavy atom. The predicted molar refractivity (Wildman–Crippen MR) is 144 cm³/mol. The zero-order chi connectivity index (χ0) is 27.6. The highest BCUT2D eigenvalue weighted by molar-refractivity contribution is 5.68. The van der Waals surface area contributed by atoms with Crippen molar-refractivity contribution in [3.63, 3.8) is 0 Å². The van der Waals surface area contributed by atoms with Crippen molar-refractivity contribution in [3.05, 3.63) is 65.7 Å². The number of aromatic nitrogens is 2. The van der Waals surface area contributed by atoms with Crippen molar-refractivity contribution in [2.75, 3.05) is 13.7 Å². The molecule has 0 radical (unpaired) electrons. The number of rotatable bonds is 12. The number of halogens is 1. The largest absolute Gasteiger partial charge is 0.497 e. The number of methoxy groups -OCH3 is 1. The van der Waals surface area contributed by atoms with Gasteiger partial charge in [0.05, 0.1) is 26.3 Å². The maximum absolute atomic E-state index is 14.8. The Hall–Kier alpha value is -3.68. The Bertz CT molecular complexity index is 1330. The standard InChI is InChI=1S/C31H35FN2O5/c1-31(2)14-19(15-31)17-39-30-29(26-12-23(37-3)9-10-27(26)32)33-16-22(34-30)18-38-24-6-4-5-21(11-24)25(13-28(35)36)20-7-8-20/h4-6,9-12,16,19-20,25H,7-8,13-15,17-18H2,1-3H3,(H,35,36)/t25-/m0/s1. The minimum absolute atomic E-state index is 0.0145. The summed E-state index contributed by atoms with van der Waals surface area (Å²) >= 11 is 0. The zero-order valence-corrected chi connectivity index (χ0v) is 22.7. The molecule has 8 heteroatoms. The van der Waals surface area contributed by atoms with E-state index in [9.17, 15) is 14.3 Å². The van der Waals surface area contributed by atoms with Crippen molar-refractivity contribution in [1.82, 2.24) is 9.97 Å². The van der Waals surface area contributed by atoms with Crippen molar-refractivity contribution in [2.45, 2.75) is 58.5 Å². The van der Waals surface area contributed by atoms with Crippen molar-refractivity contribution in [2.24, 2.45) is 17.3 Å². The van der Waals surface area contributed by atoms with Gasteiger partial charge in [-0.1, -0.05) is 26.0 Å². The minimum Gasteiger partial charge on any atom is -0.497 e. The smallest absolute Gasteiger partial charge is 0.303 e. The Labute approximate surface area is 228 Å². The van der Waals surface area contributed by atoms with E-state index in [2.05, 4.69) is 23.8 Å². The van der Waals surface area contributed by atoms with E-state index in [1.807, 2.05) is 24.3 Å². The van der Waals surface area contributed by atoms with Gasteiger partial charge >= 0.3 is 5.97 Å². The monoisotopic (exact) mass is 534 g/mol. The predicted octanol–water partition coefficient (Wildman–Crippen LogP) is 6.65.